The van der Waals surface area contributed by atoms with Crippen molar-refractivity contribution in [1.29, 1.82) is 0 Å². The van der Waals surface area contributed by atoms with Gasteiger partial charge < -0.3 is 10.2 Å². The third kappa shape index (κ3) is 4.82. The fraction of sp³-hybridized carbons (Fsp3) is 0.684. The van der Waals surface area contributed by atoms with Gasteiger partial charge in [-0.05, 0) is 51.8 Å². The molecule has 1 fully saturated rings. The van der Waals surface area contributed by atoms with Gasteiger partial charge in [0.05, 0.1) is 0 Å². The lowest BCUT2D eigenvalue weighted by Gasteiger charge is -2.30. The van der Waals surface area contributed by atoms with Gasteiger partial charge >= 0.3 is 0 Å². The zero-order chi connectivity index (χ0) is 15.1. The summed E-state index contributed by atoms with van der Waals surface area (Å²) in [4.78, 5) is 2.74. The zero-order valence-corrected chi connectivity index (χ0v) is 14.1. The van der Waals surface area contributed by atoms with E-state index >= 15 is 0 Å². The molecule has 0 aromatic heterocycles. The fourth-order valence-corrected chi connectivity index (χ4v) is 3.65. The molecule has 2 rings (SSSR count). The summed E-state index contributed by atoms with van der Waals surface area (Å²) in [6, 6.07) is 10.2. The van der Waals surface area contributed by atoms with Crippen molar-refractivity contribution in [3.05, 3.63) is 35.4 Å². The van der Waals surface area contributed by atoms with Gasteiger partial charge in [0.15, 0.2) is 0 Å². The van der Waals surface area contributed by atoms with Crippen LogP contribution in [0.1, 0.15) is 62.6 Å². The van der Waals surface area contributed by atoms with E-state index in [-0.39, 0.29) is 0 Å². The molecule has 0 bridgehead atoms. The van der Waals surface area contributed by atoms with Crippen LogP contribution in [0.4, 0.5) is 0 Å². The van der Waals surface area contributed by atoms with Gasteiger partial charge in [-0.15, -0.1) is 0 Å². The molecule has 1 aliphatic rings. The molecule has 0 amide bonds. The largest absolute Gasteiger partial charge is 0.313 e. The highest BCUT2D eigenvalue weighted by molar-refractivity contribution is 5.25. The molecule has 0 radical (unpaired) electrons. The van der Waals surface area contributed by atoms with Gasteiger partial charge in [0.2, 0.25) is 0 Å². The van der Waals surface area contributed by atoms with E-state index in [1.165, 1.54) is 62.7 Å². The number of likely N-dealkylation sites (tertiary alicyclic amines) is 1. The van der Waals surface area contributed by atoms with E-state index in [1.807, 2.05) is 0 Å². The predicted molar refractivity (Wildman–Crippen MR) is 91.7 cm³/mol. The van der Waals surface area contributed by atoms with E-state index in [2.05, 4.69) is 55.4 Å². The van der Waals surface area contributed by atoms with Crippen molar-refractivity contribution >= 4 is 0 Å². The average Bonchev–Trinajstić information content (AvgIpc) is 2.73. The number of hydrogen-bond acceptors (Lipinski definition) is 2. The van der Waals surface area contributed by atoms with Gasteiger partial charge in [0.1, 0.15) is 0 Å². The van der Waals surface area contributed by atoms with Crippen LogP contribution in [-0.4, -0.2) is 31.1 Å². The highest BCUT2D eigenvalue weighted by Crippen LogP contribution is 2.23. The first kappa shape index (κ1) is 16.5. The Bertz CT molecular complexity index is 416. The molecular formula is C19H32N2. The van der Waals surface area contributed by atoms with Crippen LogP contribution >= 0.6 is 0 Å². The van der Waals surface area contributed by atoms with Crippen molar-refractivity contribution in [2.45, 2.75) is 64.5 Å². The number of hydrogen-bond donors (Lipinski definition) is 1. The lowest BCUT2D eigenvalue weighted by molar-refractivity contribution is 0.185. The van der Waals surface area contributed by atoms with Crippen molar-refractivity contribution < 1.29 is 0 Å². The molecule has 118 valence electrons. The second-order valence-electron chi connectivity index (χ2n) is 6.49. The van der Waals surface area contributed by atoms with Gasteiger partial charge in [-0.2, -0.15) is 0 Å². The molecule has 1 N–H and O–H groups in total. The van der Waals surface area contributed by atoms with Gasteiger partial charge in [-0.3, -0.25) is 0 Å². The van der Waals surface area contributed by atoms with E-state index in [9.17, 15) is 0 Å². The Morgan fingerprint density at radius 2 is 2.14 bits per heavy atom. The average molecular weight is 288 g/mol. The molecule has 0 aliphatic carbocycles. The van der Waals surface area contributed by atoms with Crippen LogP contribution in [0.3, 0.4) is 0 Å². The predicted octanol–water partition coefficient (Wildman–Crippen LogP) is 4.30. The smallest absolute Gasteiger partial charge is 0.0329 e. The molecule has 2 atom stereocenters. The molecule has 2 nitrogen and oxygen atoms in total. The van der Waals surface area contributed by atoms with Crippen molar-refractivity contribution in [1.82, 2.24) is 10.2 Å². The van der Waals surface area contributed by atoms with Crippen LogP contribution in [-0.2, 0) is 0 Å². The summed E-state index contributed by atoms with van der Waals surface area (Å²) in [6.07, 6.45) is 8.12. The molecular weight excluding hydrogens is 256 g/mol. The van der Waals surface area contributed by atoms with Crippen molar-refractivity contribution in [2.24, 2.45) is 0 Å². The molecule has 1 aromatic rings. The minimum absolute atomic E-state index is 0.477. The molecule has 1 aliphatic heterocycles. The lowest BCUT2D eigenvalue weighted by atomic mass is 10.0. The Morgan fingerprint density at radius 3 is 2.86 bits per heavy atom. The van der Waals surface area contributed by atoms with E-state index in [1.54, 1.807) is 0 Å². The van der Waals surface area contributed by atoms with E-state index in [0.717, 1.165) is 6.04 Å². The first-order valence-electron chi connectivity index (χ1n) is 8.72. The molecule has 2 heteroatoms. The van der Waals surface area contributed by atoms with Crippen molar-refractivity contribution in [3.8, 4) is 0 Å². The molecule has 1 aromatic carbocycles. The summed E-state index contributed by atoms with van der Waals surface area (Å²) in [5, 5.41) is 3.51. The number of rotatable bonds is 6. The van der Waals surface area contributed by atoms with Crippen molar-refractivity contribution in [3.63, 3.8) is 0 Å². The lowest BCUT2D eigenvalue weighted by Crippen LogP contribution is -2.36. The molecule has 1 saturated heterocycles. The summed E-state index contributed by atoms with van der Waals surface area (Å²) in [5.41, 5.74) is 2.79. The van der Waals surface area contributed by atoms with Crippen molar-refractivity contribution in [2.75, 3.05) is 20.1 Å². The summed E-state index contributed by atoms with van der Waals surface area (Å²) < 4.78 is 0. The van der Waals surface area contributed by atoms with Crippen LogP contribution in [0, 0.1) is 6.92 Å². The maximum absolute atomic E-state index is 3.51. The zero-order valence-electron chi connectivity index (χ0n) is 14.1. The third-order valence-corrected chi connectivity index (χ3v) is 4.97. The maximum atomic E-state index is 3.51. The van der Waals surface area contributed by atoms with Crippen LogP contribution in [0.5, 0.6) is 0 Å². The molecule has 2 unspecified atom stereocenters. The minimum atomic E-state index is 0.477. The number of nitrogens with one attached hydrogen (secondary N) is 1. The second-order valence-corrected chi connectivity index (χ2v) is 6.49. The SMILES string of the molecule is CCC1CCCCCN1CCC(NC)c1cccc(C)c1. The molecule has 1 heterocycles. The van der Waals surface area contributed by atoms with Crippen LogP contribution in [0.2, 0.25) is 0 Å². The third-order valence-electron chi connectivity index (χ3n) is 4.97. The first-order valence-corrected chi connectivity index (χ1v) is 8.72. The minimum Gasteiger partial charge on any atom is -0.313 e. The summed E-state index contributed by atoms with van der Waals surface area (Å²) in [5.74, 6) is 0. The quantitative estimate of drug-likeness (QED) is 0.839. The normalized spacial score (nSPS) is 22.0. The Labute approximate surface area is 130 Å². The van der Waals surface area contributed by atoms with Gasteiger partial charge in [0, 0.05) is 18.6 Å². The van der Waals surface area contributed by atoms with E-state index in [4.69, 9.17) is 0 Å². The summed E-state index contributed by atoms with van der Waals surface area (Å²) in [6.45, 7) is 7.04. The molecule has 0 spiro atoms. The highest BCUT2D eigenvalue weighted by Gasteiger charge is 2.20. The monoisotopic (exact) mass is 288 g/mol. The summed E-state index contributed by atoms with van der Waals surface area (Å²) >= 11 is 0. The number of aryl methyl sites for hydroxylation is 1. The fourth-order valence-electron chi connectivity index (χ4n) is 3.65. The van der Waals surface area contributed by atoms with Gasteiger partial charge in [-0.25, -0.2) is 0 Å². The van der Waals surface area contributed by atoms with Gasteiger partial charge in [0.25, 0.3) is 0 Å². The van der Waals surface area contributed by atoms with Crippen LogP contribution < -0.4 is 5.32 Å². The van der Waals surface area contributed by atoms with Gasteiger partial charge in [-0.1, -0.05) is 49.6 Å². The Balaban J connectivity index is 1.95. The number of nitrogens with zero attached hydrogens (tertiary/aromatic N) is 1. The summed E-state index contributed by atoms with van der Waals surface area (Å²) in [7, 11) is 2.09. The highest BCUT2D eigenvalue weighted by atomic mass is 15.2. The Morgan fingerprint density at radius 1 is 1.29 bits per heavy atom. The Kier molecular flexibility index (Phi) is 6.72. The van der Waals surface area contributed by atoms with E-state index < -0.39 is 0 Å². The Hall–Kier alpha value is -0.860. The second kappa shape index (κ2) is 8.55. The standard InChI is InChI=1S/C19H32N2/c1-4-18-11-6-5-7-13-21(18)14-12-19(20-3)17-10-8-9-16(2)15-17/h8-10,15,18-20H,4-7,11-14H2,1-3H3. The molecule has 21 heavy (non-hydrogen) atoms. The van der Waals surface area contributed by atoms with Crippen LogP contribution in [0.25, 0.3) is 0 Å². The number of benzene rings is 1. The topological polar surface area (TPSA) is 15.3 Å². The first-order chi connectivity index (χ1) is 10.2. The van der Waals surface area contributed by atoms with E-state index in [0.29, 0.717) is 6.04 Å². The maximum Gasteiger partial charge on any atom is 0.0329 e. The van der Waals surface area contributed by atoms with Crippen LogP contribution in [0.15, 0.2) is 24.3 Å². The molecule has 0 saturated carbocycles.